The third-order valence-electron chi connectivity index (χ3n) is 3.12. The number of anilines is 1. The summed E-state index contributed by atoms with van der Waals surface area (Å²) in [7, 11) is 0. The van der Waals surface area contributed by atoms with E-state index in [1.54, 1.807) is 0 Å². The van der Waals surface area contributed by atoms with Crippen LogP contribution in [-0.2, 0) is 13.0 Å². The summed E-state index contributed by atoms with van der Waals surface area (Å²) in [5, 5.41) is 0. The van der Waals surface area contributed by atoms with E-state index in [1.807, 2.05) is 24.3 Å². The molecule has 1 aromatic heterocycles. The van der Waals surface area contributed by atoms with Crippen LogP contribution < -0.4 is 5.73 Å². The first-order chi connectivity index (χ1) is 7.83. The van der Waals surface area contributed by atoms with Crippen LogP contribution in [0, 0.1) is 0 Å². The Morgan fingerprint density at radius 1 is 1.12 bits per heavy atom. The number of imidazole rings is 1. The number of fused-ring (bicyclic) bond motifs is 1. The maximum atomic E-state index is 5.68. The number of aryl methyl sites for hydroxylation is 2. The second-order valence-corrected chi connectivity index (χ2v) is 4.31. The Labute approximate surface area is 94.9 Å². The number of nitrogens with zero attached hydrogens (tertiary/aromatic N) is 2. The molecule has 0 spiro atoms. The Bertz CT molecular complexity index is 473. The zero-order chi connectivity index (χ0) is 11.0. The molecular formula is C13H15N3. The molecule has 0 amide bonds. The lowest BCUT2D eigenvalue weighted by Gasteiger charge is -2.11. The molecule has 2 N–H and O–H groups in total. The van der Waals surface area contributed by atoms with E-state index in [0.29, 0.717) is 0 Å². The van der Waals surface area contributed by atoms with Gasteiger partial charge in [0.2, 0.25) is 0 Å². The third kappa shape index (κ3) is 1.58. The first-order valence-electron chi connectivity index (χ1n) is 5.75. The van der Waals surface area contributed by atoms with Crippen molar-refractivity contribution in [3.63, 3.8) is 0 Å². The van der Waals surface area contributed by atoms with Crippen molar-refractivity contribution in [2.45, 2.75) is 25.8 Å². The first kappa shape index (κ1) is 9.46. The van der Waals surface area contributed by atoms with E-state index in [0.717, 1.165) is 29.9 Å². The molecule has 0 atom stereocenters. The SMILES string of the molecule is Nc1ccc(-c2cn3c(n2)CCCC3)cc1. The summed E-state index contributed by atoms with van der Waals surface area (Å²) in [4.78, 5) is 4.67. The van der Waals surface area contributed by atoms with Crippen LogP contribution in [0.5, 0.6) is 0 Å². The lowest BCUT2D eigenvalue weighted by Crippen LogP contribution is -2.08. The molecule has 16 heavy (non-hydrogen) atoms. The van der Waals surface area contributed by atoms with Gasteiger partial charge in [0.05, 0.1) is 5.69 Å². The van der Waals surface area contributed by atoms with Gasteiger partial charge in [-0.25, -0.2) is 4.98 Å². The Balaban J connectivity index is 2.00. The topological polar surface area (TPSA) is 43.8 Å². The molecule has 2 aromatic rings. The van der Waals surface area contributed by atoms with Gasteiger partial charge >= 0.3 is 0 Å². The van der Waals surface area contributed by atoms with Gasteiger partial charge in [0.1, 0.15) is 5.82 Å². The van der Waals surface area contributed by atoms with E-state index in [1.165, 1.54) is 18.7 Å². The summed E-state index contributed by atoms with van der Waals surface area (Å²) in [6.07, 6.45) is 5.79. The van der Waals surface area contributed by atoms with E-state index in [4.69, 9.17) is 5.73 Å². The zero-order valence-electron chi connectivity index (χ0n) is 9.19. The fraction of sp³-hybridized carbons (Fsp3) is 0.308. The van der Waals surface area contributed by atoms with Crippen molar-refractivity contribution in [2.24, 2.45) is 0 Å². The van der Waals surface area contributed by atoms with Gasteiger partial charge in [-0.15, -0.1) is 0 Å². The fourth-order valence-corrected chi connectivity index (χ4v) is 2.21. The molecule has 3 nitrogen and oxygen atoms in total. The molecule has 0 bridgehead atoms. The Hall–Kier alpha value is -1.77. The molecule has 1 aromatic carbocycles. The highest BCUT2D eigenvalue weighted by Crippen LogP contribution is 2.23. The highest BCUT2D eigenvalue weighted by Gasteiger charge is 2.12. The molecule has 0 fully saturated rings. The molecule has 3 heteroatoms. The molecule has 0 saturated heterocycles. The van der Waals surface area contributed by atoms with Gasteiger partial charge in [0.15, 0.2) is 0 Å². The second kappa shape index (κ2) is 3.67. The first-order valence-corrected chi connectivity index (χ1v) is 5.75. The van der Waals surface area contributed by atoms with Crippen LogP contribution >= 0.6 is 0 Å². The van der Waals surface area contributed by atoms with Crippen LogP contribution in [0.25, 0.3) is 11.3 Å². The minimum atomic E-state index is 0.799. The van der Waals surface area contributed by atoms with Crippen LogP contribution in [-0.4, -0.2) is 9.55 Å². The quantitative estimate of drug-likeness (QED) is 0.739. The second-order valence-electron chi connectivity index (χ2n) is 4.31. The average Bonchev–Trinajstić information content (AvgIpc) is 2.73. The Morgan fingerprint density at radius 2 is 1.94 bits per heavy atom. The highest BCUT2D eigenvalue weighted by molar-refractivity contribution is 5.61. The number of nitrogen functional groups attached to an aromatic ring is 1. The summed E-state index contributed by atoms with van der Waals surface area (Å²) >= 11 is 0. The number of hydrogen-bond acceptors (Lipinski definition) is 2. The van der Waals surface area contributed by atoms with Crippen molar-refractivity contribution < 1.29 is 0 Å². The van der Waals surface area contributed by atoms with E-state index in [9.17, 15) is 0 Å². The van der Waals surface area contributed by atoms with Gasteiger partial charge in [-0.1, -0.05) is 12.1 Å². The fourth-order valence-electron chi connectivity index (χ4n) is 2.21. The number of nitrogens with two attached hydrogens (primary N) is 1. The predicted octanol–water partition coefficient (Wildman–Crippen LogP) is 2.47. The van der Waals surface area contributed by atoms with Gasteiger partial charge in [0, 0.05) is 30.4 Å². The lowest BCUT2D eigenvalue weighted by molar-refractivity contribution is 0.522. The Morgan fingerprint density at radius 3 is 2.69 bits per heavy atom. The molecule has 1 aliphatic rings. The van der Waals surface area contributed by atoms with Crippen molar-refractivity contribution in [1.82, 2.24) is 9.55 Å². The lowest BCUT2D eigenvalue weighted by atomic mass is 10.1. The van der Waals surface area contributed by atoms with Gasteiger partial charge in [0.25, 0.3) is 0 Å². The van der Waals surface area contributed by atoms with Crippen molar-refractivity contribution in [2.75, 3.05) is 5.73 Å². The van der Waals surface area contributed by atoms with Crippen LogP contribution in [0.4, 0.5) is 5.69 Å². The van der Waals surface area contributed by atoms with Crippen molar-refractivity contribution in [1.29, 1.82) is 0 Å². The van der Waals surface area contributed by atoms with Gasteiger partial charge < -0.3 is 10.3 Å². The molecule has 3 rings (SSSR count). The molecule has 0 aliphatic carbocycles. The smallest absolute Gasteiger partial charge is 0.109 e. The van der Waals surface area contributed by atoms with Crippen LogP contribution in [0.2, 0.25) is 0 Å². The van der Waals surface area contributed by atoms with Gasteiger partial charge in [-0.2, -0.15) is 0 Å². The Kier molecular flexibility index (Phi) is 2.17. The van der Waals surface area contributed by atoms with E-state index >= 15 is 0 Å². The number of aromatic nitrogens is 2. The number of rotatable bonds is 1. The normalized spacial score (nSPS) is 14.8. The monoisotopic (exact) mass is 213 g/mol. The summed E-state index contributed by atoms with van der Waals surface area (Å²) in [6.45, 7) is 1.11. The van der Waals surface area contributed by atoms with Crippen LogP contribution in [0.1, 0.15) is 18.7 Å². The van der Waals surface area contributed by atoms with Crippen molar-refractivity contribution in [3.05, 3.63) is 36.3 Å². The van der Waals surface area contributed by atoms with Gasteiger partial charge in [-0.3, -0.25) is 0 Å². The number of benzene rings is 1. The van der Waals surface area contributed by atoms with Crippen molar-refractivity contribution >= 4 is 5.69 Å². The highest BCUT2D eigenvalue weighted by atomic mass is 15.1. The van der Waals surface area contributed by atoms with Crippen molar-refractivity contribution in [3.8, 4) is 11.3 Å². The summed E-state index contributed by atoms with van der Waals surface area (Å²) in [5.41, 5.74) is 8.69. The standard InChI is InChI=1S/C13H15N3/c14-11-6-4-10(5-7-11)12-9-16-8-2-1-3-13(16)15-12/h4-7,9H,1-3,8,14H2. The maximum absolute atomic E-state index is 5.68. The summed E-state index contributed by atoms with van der Waals surface area (Å²) in [6, 6.07) is 7.91. The molecule has 82 valence electrons. The molecule has 0 radical (unpaired) electrons. The molecule has 0 unspecified atom stereocenters. The number of hydrogen-bond donors (Lipinski definition) is 1. The summed E-state index contributed by atoms with van der Waals surface area (Å²) in [5.74, 6) is 1.22. The largest absolute Gasteiger partial charge is 0.399 e. The minimum absolute atomic E-state index is 0.799. The molecule has 1 aliphatic heterocycles. The summed E-state index contributed by atoms with van der Waals surface area (Å²) < 4.78 is 2.27. The minimum Gasteiger partial charge on any atom is -0.399 e. The van der Waals surface area contributed by atoms with Crippen LogP contribution in [0.15, 0.2) is 30.5 Å². The van der Waals surface area contributed by atoms with E-state index in [2.05, 4.69) is 15.7 Å². The predicted molar refractivity (Wildman–Crippen MR) is 65.0 cm³/mol. The molecule has 2 heterocycles. The zero-order valence-corrected chi connectivity index (χ0v) is 9.19. The third-order valence-corrected chi connectivity index (χ3v) is 3.12. The van der Waals surface area contributed by atoms with E-state index < -0.39 is 0 Å². The van der Waals surface area contributed by atoms with E-state index in [-0.39, 0.29) is 0 Å². The average molecular weight is 213 g/mol. The molecule has 0 saturated carbocycles. The molecular weight excluding hydrogens is 198 g/mol. The van der Waals surface area contributed by atoms with Crippen LogP contribution in [0.3, 0.4) is 0 Å². The maximum Gasteiger partial charge on any atom is 0.109 e. The van der Waals surface area contributed by atoms with Gasteiger partial charge in [-0.05, 0) is 25.0 Å².